The summed E-state index contributed by atoms with van der Waals surface area (Å²) in [5.41, 5.74) is 1.31. The summed E-state index contributed by atoms with van der Waals surface area (Å²) in [4.78, 5) is 1.68. The maximum absolute atomic E-state index is 5.43. The highest BCUT2D eigenvalue weighted by atomic mass is 79.9. The first-order valence-electron chi connectivity index (χ1n) is 6.35. The van der Waals surface area contributed by atoms with Crippen molar-refractivity contribution >= 4 is 15.9 Å². The van der Waals surface area contributed by atoms with Crippen LogP contribution in [-0.4, -0.2) is 20.2 Å². The van der Waals surface area contributed by atoms with Crippen LogP contribution in [0.1, 0.15) is 25.3 Å². The van der Waals surface area contributed by atoms with E-state index in [-0.39, 0.29) is 0 Å². The van der Waals surface area contributed by atoms with Gasteiger partial charge in [0.25, 0.3) is 0 Å². The van der Waals surface area contributed by atoms with E-state index in [4.69, 9.17) is 4.74 Å². The third kappa shape index (κ3) is 3.46. The van der Waals surface area contributed by atoms with Crippen LogP contribution in [0.5, 0.6) is 5.75 Å². The second-order valence-corrected chi connectivity index (χ2v) is 6.00. The molecule has 1 unspecified atom stereocenters. The quantitative estimate of drug-likeness (QED) is 0.904. The van der Waals surface area contributed by atoms with Gasteiger partial charge in [0.1, 0.15) is 12.3 Å². The SMILES string of the molecule is COc1ccc(Br)cc1C[NH+]1CCC[C@@H](C)C1. The summed E-state index contributed by atoms with van der Waals surface area (Å²) in [7, 11) is 1.75. The van der Waals surface area contributed by atoms with Crippen molar-refractivity contribution in [1.29, 1.82) is 0 Å². The highest BCUT2D eigenvalue weighted by molar-refractivity contribution is 9.10. The molecule has 17 heavy (non-hydrogen) atoms. The minimum absolute atomic E-state index is 0.858. The molecule has 0 aromatic heterocycles. The molecule has 1 fully saturated rings. The van der Waals surface area contributed by atoms with Gasteiger partial charge in [-0.2, -0.15) is 0 Å². The predicted molar refractivity (Wildman–Crippen MR) is 73.5 cm³/mol. The van der Waals surface area contributed by atoms with Gasteiger partial charge in [-0.1, -0.05) is 22.9 Å². The lowest BCUT2D eigenvalue weighted by atomic mass is 10.00. The van der Waals surface area contributed by atoms with Crippen LogP contribution in [0, 0.1) is 5.92 Å². The van der Waals surface area contributed by atoms with Crippen molar-refractivity contribution < 1.29 is 9.64 Å². The Labute approximate surface area is 112 Å². The van der Waals surface area contributed by atoms with E-state index in [9.17, 15) is 0 Å². The van der Waals surface area contributed by atoms with Gasteiger partial charge in [0.15, 0.2) is 0 Å². The molecule has 1 heterocycles. The van der Waals surface area contributed by atoms with Crippen molar-refractivity contribution in [3.05, 3.63) is 28.2 Å². The highest BCUT2D eigenvalue weighted by Crippen LogP contribution is 2.22. The largest absolute Gasteiger partial charge is 0.496 e. The molecule has 0 radical (unpaired) electrons. The summed E-state index contributed by atoms with van der Waals surface area (Å²) in [6, 6.07) is 6.27. The maximum Gasteiger partial charge on any atom is 0.127 e. The molecule has 2 rings (SSSR count). The zero-order valence-corrected chi connectivity index (χ0v) is 12.2. The summed E-state index contributed by atoms with van der Waals surface area (Å²) in [6.45, 7) is 6.01. The van der Waals surface area contributed by atoms with Gasteiger partial charge in [-0.25, -0.2) is 0 Å². The zero-order chi connectivity index (χ0) is 12.3. The Balaban J connectivity index is 2.08. The van der Waals surface area contributed by atoms with Gasteiger partial charge in [-0.05, 0) is 31.0 Å². The van der Waals surface area contributed by atoms with Crippen molar-refractivity contribution in [3.8, 4) is 5.75 Å². The van der Waals surface area contributed by atoms with E-state index in [2.05, 4.69) is 28.9 Å². The van der Waals surface area contributed by atoms with Crippen molar-refractivity contribution in [2.75, 3.05) is 20.2 Å². The Morgan fingerprint density at radius 3 is 3.00 bits per heavy atom. The molecule has 0 spiro atoms. The number of piperidine rings is 1. The predicted octanol–water partition coefficient (Wildman–Crippen LogP) is 2.27. The molecule has 94 valence electrons. The standard InChI is InChI=1S/C14H20BrNO/c1-11-4-3-7-16(9-11)10-12-8-13(15)5-6-14(12)17-2/h5-6,8,11H,3-4,7,9-10H2,1-2H3/p+1/t11-/m1/s1. The molecule has 0 amide bonds. The second-order valence-electron chi connectivity index (χ2n) is 5.08. The number of methoxy groups -OCH3 is 1. The summed E-state index contributed by atoms with van der Waals surface area (Å²) in [5.74, 6) is 1.87. The van der Waals surface area contributed by atoms with Crippen LogP contribution in [-0.2, 0) is 6.54 Å². The second kappa shape index (κ2) is 5.87. The van der Waals surface area contributed by atoms with Gasteiger partial charge in [-0.3, -0.25) is 0 Å². The number of quaternary nitrogens is 1. The molecular weight excluding hydrogens is 278 g/mol. The van der Waals surface area contributed by atoms with Crippen LogP contribution in [0.4, 0.5) is 0 Å². The third-order valence-electron chi connectivity index (χ3n) is 3.55. The average Bonchev–Trinajstić information content (AvgIpc) is 2.29. The van der Waals surface area contributed by atoms with Gasteiger partial charge < -0.3 is 9.64 Å². The first-order chi connectivity index (χ1) is 8.19. The van der Waals surface area contributed by atoms with Gasteiger partial charge in [0.2, 0.25) is 0 Å². The molecule has 2 atom stereocenters. The number of rotatable bonds is 3. The first kappa shape index (κ1) is 12.9. The molecule has 1 aromatic carbocycles. The monoisotopic (exact) mass is 298 g/mol. The lowest BCUT2D eigenvalue weighted by Gasteiger charge is -2.28. The number of halogens is 1. The van der Waals surface area contributed by atoms with Crippen LogP contribution < -0.4 is 9.64 Å². The zero-order valence-electron chi connectivity index (χ0n) is 10.6. The van der Waals surface area contributed by atoms with E-state index < -0.39 is 0 Å². The van der Waals surface area contributed by atoms with Crippen molar-refractivity contribution in [3.63, 3.8) is 0 Å². The average molecular weight is 299 g/mol. The first-order valence-corrected chi connectivity index (χ1v) is 7.14. The van der Waals surface area contributed by atoms with E-state index in [0.717, 1.165) is 22.7 Å². The van der Waals surface area contributed by atoms with Crippen molar-refractivity contribution in [1.82, 2.24) is 0 Å². The lowest BCUT2D eigenvalue weighted by molar-refractivity contribution is -0.922. The van der Waals surface area contributed by atoms with E-state index in [0.29, 0.717) is 0 Å². The van der Waals surface area contributed by atoms with Crippen molar-refractivity contribution in [2.45, 2.75) is 26.3 Å². The molecule has 1 saturated heterocycles. The Hall–Kier alpha value is -0.540. The molecule has 3 heteroatoms. The molecule has 0 bridgehead atoms. The summed E-state index contributed by atoms with van der Waals surface area (Å²) < 4.78 is 6.57. The Kier molecular flexibility index (Phi) is 4.46. The molecule has 1 aliphatic rings. The summed E-state index contributed by atoms with van der Waals surface area (Å²) >= 11 is 3.54. The normalized spacial score (nSPS) is 24.6. The lowest BCUT2D eigenvalue weighted by Crippen LogP contribution is -3.12. The molecule has 1 N–H and O–H groups in total. The van der Waals surface area contributed by atoms with E-state index >= 15 is 0 Å². The Morgan fingerprint density at radius 2 is 2.29 bits per heavy atom. The van der Waals surface area contributed by atoms with Gasteiger partial charge in [0.05, 0.1) is 20.2 Å². The van der Waals surface area contributed by atoms with E-state index in [1.165, 1.54) is 31.5 Å². The van der Waals surface area contributed by atoms with Gasteiger partial charge in [0, 0.05) is 16.0 Å². The molecule has 2 nitrogen and oxygen atoms in total. The number of ether oxygens (including phenoxy) is 1. The maximum atomic E-state index is 5.43. The third-order valence-corrected chi connectivity index (χ3v) is 4.04. The van der Waals surface area contributed by atoms with Gasteiger partial charge in [-0.15, -0.1) is 0 Å². The number of nitrogens with one attached hydrogen (secondary N) is 1. The molecule has 1 aliphatic heterocycles. The van der Waals surface area contributed by atoms with Crippen LogP contribution in [0.15, 0.2) is 22.7 Å². The van der Waals surface area contributed by atoms with Crippen molar-refractivity contribution in [2.24, 2.45) is 5.92 Å². The Morgan fingerprint density at radius 1 is 1.47 bits per heavy atom. The van der Waals surface area contributed by atoms with E-state index in [1.54, 1.807) is 12.0 Å². The fourth-order valence-electron chi connectivity index (χ4n) is 2.71. The van der Waals surface area contributed by atoms with E-state index in [1.807, 2.05) is 12.1 Å². The minimum Gasteiger partial charge on any atom is -0.496 e. The topological polar surface area (TPSA) is 13.7 Å². The summed E-state index contributed by atoms with van der Waals surface area (Å²) in [5, 5.41) is 0. The van der Waals surface area contributed by atoms with Crippen LogP contribution in [0.2, 0.25) is 0 Å². The van der Waals surface area contributed by atoms with Crippen LogP contribution in [0.25, 0.3) is 0 Å². The summed E-state index contributed by atoms with van der Waals surface area (Å²) in [6.07, 6.45) is 2.74. The fourth-order valence-corrected chi connectivity index (χ4v) is 3.12. The molecule has 0 aliphatic carbocycles. The fraction of sp³-hybridized carbons (Fsp3) is 0.571. The number of likely N-dealkylation sites (tertiary alicyclic amines) is 1. The number of hydrogen-bond donors (Lipinski definition) is 1. The minimum atomic E-state index is 0.858. The Bertz CT molecular complexity index is 380. The highest BCUT2D eigenvalue weighted by Gasteiger charge is 2.21. The molecule has 1 aromatic rings. The number of benzene rings is 1. The smallest absolute Gasteiger partial charge is 0.127 e. The van der Waals surface area contributed by atoms with Crippen LogP contribution in [0.3, 0.4) is 0 Å². The van der Waals surface area contributed by atoms with Gasteiger partial charge >= 0.3 is 0 Å². The van der Waals surface area contributed by atoms with Crippen LogP contribution >= 0.6 is 15.9 Å². The molecule has 0 saturated carbocycles. The molecular formula is C14H21BrNO+. The number of hydrogen-bond acceptors (Lipinski definition) is 1.